The molecule has 1 fully saturated rings. The van der Waals surface area contributed by atoms with Gasteiger partial charge in [-0.1, -0.05) is 22.0 Å². The molecule has 1 heterocycles. The minimum absolute atomic E-state index is 0.603. The fraction of sp³-hybridized carbons (Fsp3) is 0.571. The van der Waals surface area contributed by atoms with Crippen LogP contribution in [0.5, 0.6) is 0 Å². The van der Waals surface area contributed by atoms with Crippen LogP contribution in [0.25, 0.3) is 0 Å². The maximum absolute atomic E-state index is 3.86. The van der Waals surface area contributed by atoms with Crippen LogP contribution in [0, 0.1) is 0 Å². The van der Waals surface area contributed by atoms with Crippen LogP contribution < -0.4 is 5.32 Å². The Morgan fingerprint density at radius 2 is 2.00 bits per heavy atom. The summed E-state index contributed by atoms with van der Waals surface area (Å²) in [6.07, 6.45) is 5.18. The van der Waals surface area contributed by atoms with Crippen LogP contribution in [0.4, 0.5) is 0 Å². The highest BCUT2D eigenvalue weighted by molar-refractivity contribution is 9.10. The van der Waals surface area contributed by atoms with Crippen molar-refractivity contribution in [3.8, 4) is 0 Å². The van der Waals surface area contributed by atoms with Crippen LogP contribution in [-0.4, -0.2) is 17.5 Å². The second-order valence-electron chi connectivity index (χ2n) is 4.99. The van der Waals surface area contributed by atoms with Crippen molar-refractivity contribution in [2.45, 2.75) is 37.8 Å². The van der Waals surface area contributed by atoms with Crippen LogP contribution in [0.2, 0.25) is 0 Å². The Hall–Kier alpha value is 0.01000. The van der Waals surface area contributed by atoms with Crippen molar-refractivity contribution in [2.24, 2.45) is 0 Å². The molecule has 92 valence electrons. The van der Waals surface area contributed by atoms with Crippen LogP contribution in [0.15, 0.2) is 22.7 Å². The van der Waals surface area contributed by atoms with Crippen molar-refractivity contribution in [1.29, 1.82) is 0 Å². The van der Waals surface area contributed by atoms with Crippen molar-refractivity contribution >= 4 is 27.7 Å². The molecular weight excluding hydrogens is 294 g/mol. The van der Waals surface area contributed by atoms with Gasteiger partial charge in [0.25, 0.3) is 0 Å². The molecule has 0 aromatic heterocycles. The molecular formula is C14H18BrNS. The molecule has 1 aromatic rings. The SMILES string of the molecule is Brc1ccc2c(c1)CCC2NC1CCSCC1. The molecule has 0 saturated carbocycles. The zero-order chi connectivity index (χ0) is 11.7. The van der Waals surface area contributed by atoms with Gasteiger partial charge in [-0.05, 0) is 60.4 Å². The predicted octanol–water partition coefficient (Wildman–Crippen LogP) is 3.92. The normalized spacial score (nSPS) is 24.9. The number of thioether (sulfide) groups is 1. The molecule has 1 nitrogen and oxygen atoms in total. The second kappa shape index (κ2) is 5.33. The average Bonchev–Trinajstić information content (AvgIpc) is 2.73. The van der Waals surface area contributed by atoms with Crippen molar-refractivity contribution in [3.63, 3.8) is 0 Å². The number of rotatable bonds is 2. The zero-order valence-electron chi connectivity index (χ0n) is 9.92. The standard InChI is InChI=1S/C14H18BrNS/c15-11-2-3-13-10(9-11)1-4-14(13)16-12-5-7-17-8-6-12/h2-3,9,12,14,16H,1,4-8H2. The third-order valence-corrected chi connectivity index (χ3v) is 5.38. The molecule has 0 amide bonds. The Kier molecular flexibility index (Phi) is 3.78. The summed E-state index contributed by atoms with van der Waals surface area (Å²) in [6, 6.07) is 8.10. The van der Waals surface area contributed by atoms with E-state index in [9.17, 15) is 0 Å². The summed E-state index contributed by atoms with van der Waals surface area (Å²) in [4.78, 5) is 0. The summed E-state index contributed by atoms with van der Waals surface area (Å²) in [7, 11) is 0. The van der Waals surface area contributed by atoms with Gasteiger partial charge in [-0.15, -0.1) is 0 Å². The lowest BCUT2D eigenvalue weighted by molar-refractivity contribution is 0.412. The highest BCUT2D eigenvalue weighted by Crippen LogP contribution is 2.34. The van der Waals surface area contributed by atoms with Gasteiger partial charge in [-0.3, -0.25) is 0 Å². The molecule has 0 bridgehead atoms. The van der Waals surface area contributed by atoms with Gasteiger partial charge in [-0.25, -0.2) is 0 Å². The number of benzene rings is 1. The molecule has 1 unspecified atom stereocenters. The number of fused-ring (bicyclic) bond motifs is 1. The van der Waals surface area contributed by atoms with E-state index >= 15 is 0 Å². The van der Waals surface area contributed by atoms with E-state index in [4.69, 9.17) is 0 Å². The zero-order valence-corrected chi connectivity index (χ0v) is 12.3. The van der Waals surface area contributed by atoms with Crippen molar-refractivity contribution in [3.05, 3.63) is 33.8 Å². The first-order valence-corrected chi connectivity index (χ1v) is 8.40. The van der Waals surface area contributed by atoms with Crippen LogP contribution in [-0.2, 0) is 6.42 Å². The second-order valence-corrected chi connectivity index (χ2v) is 7.13. The van der Waals surface area contributed by atoms with Crippen molar-refractivity contribution in [1.82, 2.24) is 5.32 Å². The first-order valence-electron chi connectivity index (χ1n) is 6.45. The third-order valence-electron chi connectivity index (χ3n) is 3.84. The monoisotopic (exact) mass is 311 g/mol. The van der Waals surface area contributed by atoms with Crippen molar-refractivity contribution < 1.29 is 0 Å². The summed E-state index contributed by atoms with van der Waals surface area (Å²) in [5.74, 6) is 2.66. The summed E-state index contributed by atoms with van der Waals surface area (Å²) >= 11 is 5.66. The Balaban J connectivity index is 1.70. The van der Waals surface area contributed by atoms with E-state index in [0.717, 1.165) is 6.04 Å². The van der Waals surface area contributed by atoms with Crippen LogP contribution in [0.3, 0.4) is 0 Å². The van der Waals surface area contributed by atoms with Gasteiger partial charge in [0.05, 0.1) is 0 Å². The smallest absolute Gasteiger partial charge is 0.0328 e. The summed E-state index contributed by atoms with van der Waals surface area (Å²) < 4.78 is 1.21. The Labute approximate surface area is 116 Å². The van der Waals surface area contributed by atoms with Gasteiger partial charge in [0.15, 0.2) is 0 Å². The van der Waals surface area contributed by atoms with Gasteiger partial charge in [-0.2, -0.15) is 11.8 Å². The molecule has 3 heteroatoms. The lowest BCUT2D eigenvalue weighted by atomic mass is 10.1. The molecule has 0 spiro atoms. The number of aryl methyl sites for hydroxylation is 1. The molecule has 1 aliphatic carbocycles. The van der Waals surface area contributed by atoms with Gasteiger partial charge in [0.1, 0.15) is 0 Å². The quantitative estimate of drug-likeness (QED) is 0.888. The Morgan fingerprint density at radius 1 is 1.18 bits per heavy atom. The third kappa shape index (κ3) is 2.72. The first-order chi connectivity index (χ1) is 8.33. The van der Waals surface area contributed by atoms with Crippen molar-refractivity contribution in [2.75, 3.05) is 11.5 Å². The lowest BCUT2D eigenvalue weighted by Crippen LogP contribution is -2.34. The fourth-order valence-corrected chi connectivity index (χ4v) is 4.42. The topological polar surface area (TPSA) is 12.0 Å². The maximum atomic E-state index is 3.86. The lowest BCUT2D eigenvalue weighted by Gasteiger charge is -2.26. The van der Waals surface area contributed by atoms with Gasteiger partial charge < -0.3 is 5.32 Å². The number of hydrogen-bond donors (Lipinski definition) is 1. The number of hydrogen-bond acceptors (Lipinski definition) is 2. The van der Waals surface area contributed by atoms with Crippen LogP contribution in [0.1, 0.15) is 36.4 Å². The van der Waals surface area contributed by atoms with E-state index in [0.29, 0.717) is 6.04 Å². The average molecular weight is 312 g/mol. The molecule has 1 aliphatic heterocycles. The highest BCUT2D eigenvalue weighted by atomic mass is 79.9. The van der Waals surface area contributed by atoms with Gasteiger partial charge >= 0.3 is 0 Å². The summed E-state index contributed by atoms with van der Waals surface area (Å²) in [5, 5.41) is 3.86. The highest BCUT2D eigenvalue weighted by Gasteiger charge is 2.25. The van der Waals surface area contributed by atoms with Gasteiger partial charge in [0, 0.05) is 16.6 Å². The molecule has 1 atom stereocenters. The minimum atomic E-state index is 0.603. The molecule has 1 N–H and O–H groups in total. The minimum Gasteiger partial charge on any atom is -0.307 e. The van der Waals surface area contributed by atoms with E-state index in [1.807, 2.05) is 0 Å². The molecule has 1 saturated heterocycles. The molecule has 2 aliphatic rings. The van der Waals surface area contributed by atoms with E-state index in [-0.39, 0.29) is 0 Å². The van der Waals surface area contributed by atoms with E-state index in [1.165, 1.54) is 52.8 Å². The number of nitrogens with one attached hydrogen (secondary N) is 1. The van der Waals surface area contributed by atoms with Gasteiger partial charge in [0.2, 0.25) is 0 Å². The largest absolute Gasteiger partial charge is 0.307 e. The molecule has 17 heavy (non-hydrogen) atoms. The summed E-state index contributed by atoms with van der Waals surface area (Å²) in [5.41, 5.74) is 3.06. The van der Waals surface area contributed by atoms with E-state index < -0.39 is 0 Å². The molecule has 0 radical (unpaired) electrons. The molecule has 3 rings (SSSR count). The van der Waals surface area contributed by atoms with Crippen LogP contribution >= 0.6 is 27.7 Å². The predicted molar refractivity (Wildman–Crippen MR) is 78.7 cm³/mol. The number of halogens is 1. The van der Waals surface area contributed by atoms with E-state index in [1.54, 1.807) is 0 Å². The van der Waals surface area contributed by atoms with E-state index in [2.05, 4.69) is 51.2 Å². The maximum Gasteiger partial charge on any atom is 0.0328 e. The molecule has 1 aromatic carbocycles. The summed E-state index contributed by atoms with van der Waals surface area (Å²) in [6.45, 7) is 0. The fourth-order valence-electron chi connectivity index (χ4n) is 2.91. The Bertz CT molecular complexity index is 401. The Morgan fingerprint density at radius 3 is 2.82 bits per heavy atom. The first kappa shape index (κ1) is 12.1.